The van der Waals surface area contributed by atoms with Crippen LogP contribution >= 0.6 is 11.3 Å². The fourth-order valence-corrected chi connectivity index (χ4v) is 4.61. The van der Waals surface area contributed by atoms with Crippen molar-refractivity contribution >= 4 is 29.2 Å². The number of urea groups is 1. The third-order valence-corrected chi connectivity index (χ3v) is 6.42. The molecule has 0 saturated heterocycles. The summed E-state index contributed by atoms with van der Waals surface area (Å²) in [5.41, 5.74) is 1.34. The molecule has 3 aromatic rings. The first-order chi connectivity index (χ1) is 20.0. The Labute approximate surface area is 242 Å². The lowest BCUT2D eigenvalue weighted by Crippen LogP contribution is -2.39. The van der Waals surface area contributed by atoms with Gasteiger partial charge in [-0.25, -0.2) is 4.79 Å². The molecule has 1 heterocycles. The number of rotatable bonds is 12. The van der Waals surface area contributed by atoms with E-state index in [1.807, 2.05) is 0 Å². The van der Waals surface area contributed by atoms with Crippen molar-refractivity contribution in [3.05, 3.63) is 58.2 Å². The van der Waals surface area contributed by atoms with E-state index in [0.29, 0.717) is 28.2 Å². The van der Waals surface area contributed by atoms with Crippen molar-refractivity contribution in [2.24, 2.45) is 4.99 Å². The average Bonchev–Trinajstić information content (AvgIpc) is 3.35. The summed E-state index contributed by atoms with van der Waals surface area (Å²) in [7, 11) is 2.90. The van der Waals surface area contributed by atoms with Crippen LogP contribution in [0.2, 0.25) is 0 Å². The maximum Gasteiger partial charge on any atom is 0.573 e. The fraction of sp³-hybridized carbons (Fsp3) is 0.333. The summed E-state index contributed by atoms with van der Waals surface area (Å²) in [6.45, 7) is 2.05. The second kappa shape index (κ2) is 14.9. The Kier molecular flexibility index (Phi) is 11.4. The summed E-state index contributed by atoms with van der Waals surface area (Å²) in [5.74, 6) is -0.764. The van der Waals surface area contributed by atoms with Gasteiger partial charge >= 0.3 is 18.4 Å². The Bertz CT molecular complexity index is 1450. The van der Waals surface area contributed by atoms with Crippen molar-refractivity contribution < 1.29 is 46.5 Å². The van der Waals surface area contributed by atoms with Crippen molar-refractivity contribution in [2.75, 3.05) is 33.9 Å². The van der Waals surface area contributed by atoms with Gasteiger partial charge in [0, 0.05) is 24.5 Å². The van der Waals surface area contributed by atoms with Crippen LogP contribution in [-0.2, 0) is 16.1 Å². The van der Waals surface area contributed by atoms with Crippen molar-refractivity contribution in [1.29, 1.82) is 0 Å². The van der Waals surface area contributed by atoms with E-state index in [9.17, 15) is 27.6 Å². The van der Waals surface area contributed by atoms with E-state index in [0.717, 1.165) is 11.3 Å². The monoisotopic (exact) mass is 610 g/mol. The number of carbonyl (C=O) groups is 3. The van der Waals surface area contributed by atoms with Crippen LogP contribution in [0.5, 0.6) is 17.2 Å². The largest absolute Gasteiger partial charge is 0.573 e. The number of hydrogen-bond acceptors (Lipinski definition) is 8. The van der Waals surface area contributed by atoms with Crippen LogP contribution in [0.1, 0.15) is 23.7 Å². The number of amides is 3. The molecule has 0 radical (unpaired) electrons. The van der Waals surface area contributed by atoms with E-state index in [2.05, 4.69) is 20.4 Å². The molecule has 0 fully saturated rings. The summed E-state index contributed by atoms with van der Waals surface area (Å²) in [6, 6.07) is 9.40. The minimum absolute atomic E-state index is 0.196. The molecule has 0 aliphatic rings. The average molecular weight is 611 g/mol. The molecule has 0 bridgehead atoms. The van der Waals surface area contributed by atoms with E-state index in [1.165, 1.54) is 44.6 Å². The van der Waals surface area contributed by atoms with Gasteiger partial charge in [0.2, 0.25) is 0 Å². The number of thiazole rings is 1. The number of halogens is 3. The van der Waals surface area contributed by atoms with Gasteiger partial charge in [-0.05, 0) is 55.3 Å². The molecule has 0 unspecified atom stereocenters. The molecule has 15 heteroatoms. The normalized spacial score (nSPS) is 11.5. The first kappa shape index (κ1) is 32.0. The number of carbonyl (C=O) groups excluding carboxylic acids is 3. The predicted molar refractivity (Wildman–Crippen MR) is 147 cm³/mol. The fourth-order valence-electron chi connectivity index (χ4n) is 3.68. The van der Waals surface area contributed by atoms with Crippen LogP contribution in [0.25, 0.3) is 11.3 Å². The Morgan fingerprint density at radius 2 is 1.71 bits per heavy atom. The quantitative estimate of drug-likeness (QED) is 0.233. The number of ether oxygens (including phenoxy) is 4. The second-order valence-electron chi connectivity index (χ2n) is 8.38. The van der Waals surface area contributed by atoms with Gasteiger partial charge in [-0.2, -0.15) is 4.99 Å². The van der Waals surface area contributed by atoms with Crippen LogP contribution in [0, 0.1) is 0 Å². The molecule has 0 saturated carbocycles. The number of nitrogens with zero attached hydrogens (tertiary/aromatic N) is 2. The Hall–Kier alpha value is -4.53. The highest BCUT2D eigenvalue weighted by Gasteiger charge is 2.31. The minimum atomic E-state index is -4.83. The number of methoxy groups -OCH3 is 2. The van der Waals surface area contributed by atoms with E-state index < -0.39 is 24.3 Å². The SMILES string of the molecule is CCOC(=O)CNC(=O)NCCCn1c(-c2ccc(OC(F)(F)F)cc2)cs/c1=N\C(=O)c1ccc(OC)cc1OC. The van der Waals surface area contributed by atoms with Crippen molar-refractivity contribution in [2.45, 2.75) is 26.3 Å². The molecule has 0 spiro atoms. The smallest absolute Gasteiger partial charge is 0.497 e. The molecule has 1 aromatic heterocycles. The number of nitrogens with one attached hydrogen (secondary N) is 2. The highest BCUT2D eigenvalue weighted by molar-refractivity contribution is 7.07. The minimum Gasteiger partial charge on any atom is -0.497 e. The molecule has 3 amide bonds. The summed E-state index contributed by atoms with van der Waals surface area (Å²) < 4.78 is 58.7. The molecule has 11 nitrogen and oxygen atoms in total. The number of alkyl halides is 3. The molecule has 0 aliphatic heterocycles. The van der Waals surface area contributed by atoms with Gasteiger partial charge in [-0.15, -0.1) is 24.5 Å². The van der Waals surface area contributed by atoms with E-state index >= 15 is 0 Å². The molecular weight excluding hydrogens is 581 g/mol. The van der Waals surface area contributed by atoms with E-state index in [-0.39, 0.29) is 43.3 Å². The molecule has 2 aromatic carbocycles. The zero-order valence-electron chi connectivity index (χ0n) is 22.9. The third-order valence-electron chi connectivity index (χ3n) is 5.56. The third kappa shape index (κ3) is 9.26. The first-order valence-electron chi connectivity index (χ1n) is 12.6. The van der Waals surface area contributed by atoms with Crippen LogP contribution in [0.4, 0.5) is 18.0 Å². The zero-order chi connectivity index (χ0) is 30.7. The van der Waals surface area contributed by atoms with Crippen LogP contribution < -0.4 is 29.6 Å². The Morgan fingerprint density at radius 1 is 1.00 bits per heavy atom. The molecule has 2 N–H and O–H groups in total. The van der Waals surface area contributed by atoms with Gasteiger partial charge in [-0.3, -0.25) is 9.59 Å². The lowest BCUT2D eigenvalue weighted by molar-refractivity contribution is -0.274. The van der Waals surface area contributed by atoms with Gasteiger partial charge in [-0.1, -0.05) is 0 Å². The van der Waals surface area contributed by atoms with Crippen molar-refractivity contribution in [3.63, 3.8) is 0 Å². The Morgan fingerprint density at radius 3 is 2.36 bits per heavy atom. The predicted octanol–water partition coefficient (Wildman–Crippen LogP) is 4.13. The van der Waals surface area contributed by atoms with Gasteiger partial charge in [0.15, 0.2) is 4.80 Å². The highest BCUT2D eigenvalue weighted by atomic mass is 32.1. The molecule has 42 heavy (non-hydrogen) atoms. The van der Waals surface area contributed by atoms with E-state index in [1.54, 1.807) is 29.0 Å². The molecule has 0 atom stereocenters. The maximum atomic E-state index is 13.1. The number of esters is 1. The number of benzene rings is 2. The van der Waals surface area contributed by atoms with Crippen molar-refractivity contribution in [3.8, 4) is 28.5 Å². The lowest BCUT2D eigenvalue weighted by atomic mass is 10.1. The summed E-state index contributed by atoms with van der Waals surface area (Å²) >= 11 is 1.16. The first-order valence-corrected chi connectivity index (χ1v) is 13.5. The van der Waals surface area contributed by atoms with Crippen LogP contribution in [0.3, 0.4) is 0 Å². The molecule has 226 valence electrons. The van der Waals surface area contributed by atoms with Gasteiger partial charge < -0.3 is 34.1 Å². The van der Waals surface area contributed by atoms with Gasteiger partial charge in [0.25, 0.3) is 5.91 Å². The summed E-state index contributed by atoms with van der Waals surface area (Å²) in [4.78, 5) is 41.1. The standard InChI is InChI=1S/C27H29F3N4O7S/c1-4-40-23(35)15-32-25(37)31-12-5-13-34-21(17-6-8-18(9-7-17)41-27(28,29)30)16-42-26(34)33-24(36)20-11-10-19(38-2)14-22(20)39-3/h6-11,14,16H,4-5,12-13,15H2,1-3H3,(H2,31,32,37)/b33-26-. The van der Waals surface area contributed by atoms with Crippen LogP contribution in [0.15, 0.2) is 52.8 Å². The van der Waals surface area contributed by atoms with Gasteiger partial charge in [0.05, 0.1) is 32.1 Å². The zero-order valence-corrected chi connectivity index (χ0v) is 23.8. The van der Waals surface area contributed by atoms with Crippen LogP contribution in [-0.4, -0.2) is 62.8 Å². The topological polar surface area (TPSA) is 129 Å². The van der Waals surface area contributed by atoms with E-state index in [4.69, 9.17) is 14.2 Å². The molecular formula is C27H29F3N4O7S. The molecule has 0 aliphatic carbocycles. The number of hydrogen-bond donors (Lipinski definition) is 2. The Balaban J connectivity index is 1.85. The number of aromatic nitrogens is 1. The van der Waals surface area contributed by atoms with Crippen molar-refractivity contribution in [1.82, 2.24) is 15.2 Å². The molecule has 3 rings (SSSR count). The summed E-state index contributed by atoms with van der Waals surface area (Å²) in [5, 5.41) is 6.73. The highest BCUT2D eigenvalue weighted by Crippen LogP contribution is 2.28. The maximum absolute atomic E-state index is 13.1. The summed E-state index contributed by atoms with van der Waals surface area (Å²) in [6.07, 6.45) is -4.44. The lowest BCUT2D eigenvalue weighted by Gasteiger charge is -2.12. The second-order valence-corrected chi connectivity index (χ2v) is 9.22. The van der Waals surface area contributed by atoms with Gasteiger partial charge in [0.1, 0.15) is 23.8 Å².